The maximum absolute atomic E-state index is 13.0. The number of nitrogens with zero attached hydrogens (tertiary/aromatic N) is 2. The summed E-state index contributed by atoms with van der Waals surface area (Å²) in [4.78, 5) is 39.6. The monoisotopic (exact) mass is 364 g/mol. The number of likely N-dealkylation sites (tertiary alicyclic amines) is 1. The molecule has 26 heavy (non-hydrogen) atoms. The molecule has 2 aliphatic rings. The van der Waals surface area contributed by atoms with E-state index in [0.29, 0.717) is 44.9 Å². The topological polar surface area (TPSA) is 100 Å². The molecule has 3 rings (SSSR count). The predicted octanol–water partition coefficient (Wildman–Crippen LogP) is 1.11. The largest absolute Gasteiger partial charge is 0.481 e. The minimum atomic E-state index is -0.934. The molecule has 2 aliphatic heterocycles. The molecule has 2 amide bonds. The van der Waals surface area contributed by atoms with Gasteiger partial charge in [-0.3, -0.25) is 14.4 Å². The maximum atomic E-state index is 13.0. The molecule has 0 aromatic carbocycles. The zero-order valence-corrected chi connectivity index (χ0v) is 14.6. The Morgan fingerprint density at radius 1 is 1.31 bits per heavy atom. The van der Waals surface area contributed by atoms with Gasteiger partial charge in [-0.25, -0.2) is 0 Å². The fourth-order valence-corrected chi connectivity index (χ4v) is 3.60. The van der Waals surface area contributed by atoms with Crippen LogP contribution in [0.4, 0.5) is 0 Å². The average Bonchev–Trinajstić information content (AvgIpc) is 3.26. The molecule has 2 fully saturated rings. The second kappa shape index (κ2) is 8.35. The van der Waals surface area contributed by atoms with Crippen LogP contribution in [0.5, 0.6) is 0 Å². The highest BCUT2D eigenvalue weighted by Crippen LogP contribution is 2.25. The van der Waals surface area contributed by atoms with Crippen molar-refractivity contribution in [2.45, 2.75) is 38.3 Å². The van der Waals surface area contributed by atoms with E-state index in [9.17, 15) is 14.4 Å². The minimum absolute atomic E-state index is 0.0233. The van der Waals surface area contributed by atoms with Crippen molar-refractivity contribution in [2.24, 2.45) is 5.92 Å². The molecule has 0 radical (unpaired) electrons. The first-order valence-corrected chi connectivity index (χ1v) is 8.94. The summed E-state index contributed by atoms with van der Waals surface area (Å²) in [5, 5.41) is 9.00. The van der Waals surface area contributed by atoms with Gasteiger partial charge in [0.05, 0.1) is 25.1 Å². The van der Waals surface area contributed by atoms with Crippen molar-refractivity contribution in [2.75, 3.05) is 26.3 Å². The molecule has 0 bridgehead atoms. The average molecular weight is 364 g/mol. The molecule has 8 nitrogen and oxygen atoms in total. The van der Waals surface area contributed by atoms with E-state index >= 15 is 0 Å². The lowest BCUT2D eigenvalue weighted by atomic mass is 10.0. The van der Waals surface area contributed by atoms with Crippen LogP contribution in [0.2, 0.25) is 0 Å². The second-order valence-electron chi connectivity index (χ2n) is 6.77. The lowest BCUT2D eigenvalue weighted by molar-refractivity contribution is -0.142. The number of hydrogen-bond acceptors (Lipinski definition) is 5. The third-order valence-corrected chi connectivity index (χ3v) is 4.97. The zero-order valence-electron chi connectivity index (χ0n) is 14.6. The molecular formula is C18H24N2O6. The molecule has 3 heterocycles. The van der Waals surface area contributed by atoms with Gasteiger partial charge in [-0.1, -0.05) is 0 Å². The van der Waals surface area contributed by atoms with Gasteiger partial charge in [-0.2, -0.15) is 0 Å². The van der Waals surface area contributed by atoms with Crippen LogP contribution in [0.3, 0.4) is 0 Å². The van der Waals surface area contributed by atoms with Gasteiger partial charge in [-0.05, 0) is 25.0 Å². The first-order valence-electron chi connectivity index (χ1n) is 8.94. The molecule has 142 valence electrons. The molecule has 1 aromatic rings. The highest BCUT2D eigenvalue weighted by Gasteiger charge is 2.38. The fourth-order valence-electron chi connectivity index (χ4n) is 3.60. The third kappa shape index (κ3) is 4.43. The van der Waals surface area contributed by atoms with Crippen molar-refractivity contribution < 1.29 is 28.6 Å². The van der Waals surface area contributed by atoms with Crippen molar-refractivity contribution >= 4 is 17.8 Å². The third-order valence-electron chi connectivity index (χ3n) is 4.97. The van der Waals surface area contributed by atoms with Gasteiger partial charge >= 0.3 is 5.97 Å². The number of carbonyl (C=O) groups is 3. The van der Waals surface area contributed by atoms with Crippen molar-refractivity contribution in [1.29, 1.82) is 0 Å². The Kier molecular flexibility index (Phi) is 5.92. The Bertz CT molecular complexity index is 638. The standard InChI is InChI=1S/C18H24N2O6/c21-16-10-13(11-19(16)12-15-2-1-7-26-15)18(24)20(6-3-17(22)23)14-4-8-25-9-5-14/h1-2,7,13-14H,3-6,8-12H2,(H,22,23)/t13-/m0/s1. The van der Waals surface area contributed by atoms with Gasteiger partial charge in [0, 0.05) is 38.8 Å². The van der Waals surface area contributed by atoms with Crippen LogP contribution in [0.15, 0.2) is 22.8 Å². The summed E-state index contributed by atoms with van der Waals surface area (Å²) in [6, 6.07) is 3.53. The predicted molar refractivity (Wildman–Crippen MR) is 90.0 cm³/mol. The molecular weight excluding hydrogens is 340 g/mol. The Hall–Kier alpha value is -2.35. The fraction of sp³-hybridized carbons (Fsp3) is 0.611. The van der Waals surface area contributed by atoms with Crippen LogP contribution in [0.1, 0.15) is 31.4 Å². The van der Waals surface area contributed by atoms with Crippen molar-refractivity contribution in [3.05, 3.63) is 24.2 Å². The summed E-state index contributed by atoms with van der Waals surface area (Å²) in [5.74, 6) is -0.900. The summed E-state index contributed by atoms with van der Waals surface area (Å²) in [7, 11) is 0. The lowest BCUT2D eigenvalue weighted by Crippen LogP contribution is -2.47. The van der Waals surface area contributed by atoms with E-state index in [1.54, 1.807) is 28.2 Å². The quantitative estimate of drug-likeness (QED) is 0.778. The molecule has 8 heteroatoms. The first kappa shape index (κ1) is 18.4. The Morgan fingerprint density at radius 3 is 2.73 bits per heavy atom. The summed E-state index contributed by atoms with van der Waals surface area (Å²) in [6.07, 6.45) is 3.01. The summed E-state index contributed by atoms with van der Waals surface area (Å²) in [5.41, 5.74) is 0. The summed E-state index contributed by atoms with van der Waals surface area (Å²) in [6.45, 7) is 1.99. The number of amides is 2. The van der Waals surface area contributed by atoms with Crippen molar-refractivity contribution in [1.82, 2.24) is 9.80 Å². The number of carboxylic acids is 1. The molecule has 2 saturated heterocycles. The van der Waals surface area contributed by atoms with Gasteiger partial charge < -0.3 is 24.1 Å². The van der Waals surface area contributed by atoms with E-state index in [1.165, 1.54) is 0 Å². The molecule has 1 aromatic heterocycles. The van der Waals surface area contributed by atoms with Crippen molar-refractivity contribution in [3.8, 4) is 0 Å². The van der Waals surface area contributed by atoms with Gasteiger partial charge in [0.15, 0.2) is 0 Å². The van der Waals surface area contributed by atoms with Gasteiger partial charge in [0.1, 0.15) is 5.76 Å². The van der Waals surface area contributed by atoms with E-state index in [-0.39, 0.29) is 37.2 Å². The van der Waals surface area contributed by atoms with Gasteiger partial charge in [0.2, 0.25) is 11.8 Å². The first-order chi connectivity index (χ1) is 12.5. The van der Waals surface area contributed by atoms with E-state index < -0.39 is 11.9 Å². The van der Waals surface area contributed by atoms with Crippen LogP contribution >= 0.6 is 0 Å². The van der Waals surface area contributed by atoms with Crippen LogP contribution in [0.25, 0.3) is 0 Å². The second-order valence-corrected chi connectivity index (χ2v) is 6.77. The SMILES string of the molecule is O=C(O)CCN(C(=O)[C@H]1CC(=O)N(Cc2ccco2)C1)C1CCOCC1. The Labute approximate surface area is 151 Å². The Balaban J connectivity index is 1.65. The summed E-state index contributed by atoms with van der Waals surface area (Å²) < 4.78 is 10.6. The van der Waals surface area contributed by atoms with Crippen LogP contribution in [-0.2, 0) is 25.7 Å². The highest BCUT2D eigenvalue weighted by atomic mass is 16.5. The van der Waals surface area contributed by atoms with Crippen molar-refractivity contribution in [3.63, 3.8) is 0 Å². The number of carbonyl (C=O) groups excluding carboxylic acids is 2. The smallest absolute Gasteiger partial charge is 0.305 e. The zero-order chi connectivity index (χ0) is 18.5. The molecule has 1 N–H and O–H groups in total. The number of rotatable bonds is 7. The molecule has 0 saturated carbocycles. The van der Waals surface area contributed by atoms with Crippen LogP contribution in [-0.4, -0.2) is 65.0 Å². The number of furan rings is 1. The van der Waals surface area contributed by atoms with E-state index in [1.807, 2.05) is 0 Å². The highest BCUT2D eigenvalue weighted by molar-refractivity contribution is 5.89. The molecule has 0 spiro atoms. The van der Waals surface area contributed by atoms with Crippen LogP contribution in [0, 0.1) is 5.92 Å². The summed E-state index contributed by atoms with van der Waals surface area (Å²) >= 11 is 0. The van der Waals surface area contributed by atoms with Gasteiger partial charge in [0.25, 0.3) is 0 Å². The lowest BCUT2D eigenvalue weighted by Gasteiger charge is -2.35. The Morgan fingerprint density at radius 2 is 2.08 bits per heavy atom. The van der Waals surface area contributed by atoms with Gasteiger partial charge in [-0.15, -0.1) is 0 Å². The molecule has 1 atom stereocenters. The van der Waals surface area contributed by atoms with E-state index in [4.69, 9.17) is 14.3 Å². The number of carboxylic acid groups (broad SMARTS) is 1. The van der Waals surface area contributed by atoms with E-state index in [0.717, 1.165) is 0 Å². The van der Waals surface area contributed by atoms with E-state index in [2.05, 4.69) is 0 Å². The normalized spacial score (nSPS) is 21.2. The number of hydrogen-bond donors (Lipinski definition) is 1. The minimum Gasteiger partial charge on any atom is -0.481 e. The molecule has 0 unspecified atom stereocenters. The maximum Gasteiger partial charge on any atom is 0.305 e. The van der Waals surface area contributed by atoms with Crippen LogP contribution < -0.4 is 0 Å². The number of aliphatic carboxylic acids is 1. The number of ether oxygens (including phenoxy) is 1. The molecule has 0 aliphatic carbocycles.